The molecular weight excluding hydrogens is 388 g/mol. The van der Waals surface area contributed by atoms with Crippen molar-refractivity contribution in [2.75, 3.05) is 6.61 Å². The fourth-order valence-electron chi connectivity index (χ4n) is 3.11. The van der Waals surface area contributed by atoms with E-state index in [1.807, 2.05) is 30.5 Å². The zero-order valence-corrected chi connectivity index (χ0v) is 18.0. The van der Waals surface area contributed by atoms with Gasteiger partial charge in [-0.15, -0.1) is 0 Å². The second-order valence-electron chi connectivity index (χ2n) is 7.20. The fraction of sp³-hybridized carbons (Fsp3) is 0.333. The number of benzene rings is 1. The van der Waals surface area contributed by atoms with Crippen molar-refractivity contribution < 1.29 is 4.74 Å². The minimum Gasteiger partial charge on any atom is -0.467 e. The number of hydrogen-bond donors (Lipinski definition) is 2. The lowest BCUT2D eigenvalue weighted by Crippen LogP contribution is -2.54. The van der Waals surface area contributed by atoms with Crippen molar-refractivity contribution >= 4 is 29.2 Å². The summed E-state index contributed by atoms with van der Waals surface area (Å²) in [6.45, 7) is 7.47. The molecule has 3 N–H and O–H groups in total. The maximum atomic E-state index is 5.61. The second-order valence-corrected chi connectivity index (χ2v) is 8.67. The molecule has 0 bridgehead atoms. The number of thiocarbonyl (C=S) groups is 1. The van der Waals surface area contributed by atoms with Crippen LogP contribution in [0, 0.1) is 5.92 Å². The largest absolute Gasteiger partial charge is 0.467 e. The van der Waals surface area contributed by atoms with Gasteiger partial charge in [0.2, 0.25) is 0 Å². The summed E-state index contributed by atoms with van der Waals surface area (Å²) in [5.74, 6) is 0.323. The molecule has 1 aliphatic heterocycles. The SMILES string of the molecule is CC(C)C1=C(Sc2ccccc2)N(Cc2ccccn2)C(C)(COC(N)=S)N1. The van der Waals surface area contributed by atoms with Crippen molar-refractivity contribution in [1.82, 2.24) is 15.2 Å². The molecule has 2 aromatic rings. The highest BCUT2D eigenvalue weighted by Crippen LogP contribution is 2.42. The zero-order valence-electron chi connectivity index (χ0n) is 16.4. The Morgan fingerprint density at radius 1 is 1.25 bits per heavy atom. The van der Waals surface area contributed by atoms with Gasteiger partial charge in [-0.3, -0.25) is 4.98 Å². The van der Waals surface area contributed by atoms with Crippen LogP contribution in [-0.4, -0.2) is 27.3 Å². The summed E-state index contributed by atoms with van der Waals surface area (Å²) >= 11 is 6.69. The molecule has 148 valence electrons. The molecule has 0 aliphatic carbocycles. The van der Waals surface area contributed by atoms with Crippen molar-refractivity contribution in [3.63, 3.8) is 0 Å². The number of allylic oxidation sites excluding steroid dienone is 1. The van der Waals surface area contributed by atoms with E-state index in [2.05, 4.69) is 60.2 Å². The number of thioether (sulfide) groups is 1. The lowest BCUT2D eigenvalue weighted by Gasteiger charge is -2.37. The molecule has 1 atom stereocenters. The van der Waals surface area contributed by atoms with Gasteiger partial charge < -0.3 is 20.7 Å². The number of pyridine rings is 1. The molecule has 0 saturated heterocycles. The summed E-state index contributed by atoms with van der Waals surface area (Å²) < 4.78 is 5.57. The lowest BCUT2D eigenvalue weighted by molar-refractivity contribution is 0.0756. The zero-order chi connectivity index (χ0) is 20.1. The first-order valence-corrected chi connectivity index (χ1v) is 10.5. The number of hydrogen-bond acceptors (Lipinski definition) is 6. The lowest BCUT2D eigenvalue weighted by atomic mass is 10.1. The van der Waals surface area contributed by atoms with Gasteiger partial charge in [0.1, 0.15) is 12.3 Å². The normalized spacial score (nSPS) is 19.1. The Labute approximate surface area is 176 Å². The van der Waals surface area contributed by atoms with Crippen molar-refractivity contribution in [1.29, 1.82) is 0 Å². The number of ether oxygens (including phenoxy) is 1. The smallest absolute Gasteiger partial charge is 0.254 e. The Balaban J connectivity index is 1.98. The average molecular weight is 415 g/mol. The summed E-state index contributed by atoms with van der Waals surface area (Å²) in [5.41, 5.74) is 7.29. The molecule has 0 saturated carbocycles. The number of nitrogens with two attached hydrogens (primary N) is 1. The maximum Gasteiger partial charge on any atom is 0.254 e. The van der Waals surface area contributed by atoms with Gasteiger partial charge in [0.05, 0.1) is 17.3 Å². The van der Waals surface area contributed by atoms with Gasteiger partial charge in [-0.25, -0.2) is 0 Å². The van der Waals surface area contributed by atoms with E-state index >= 15 is 0 Å². The van der Waals surface area contributed by atoms with Gasteiger partial charge >= 0.3 is 0 Å². The van der Waals surface area contributed by atoms with Crippen LogP contribution in [0.2, 0.25) is 0 Å². The van der Waals surface area contributed by atoms with Crippen LogP contribution in [0.5, 0.6) is 0 Å². The third-order valence-electron chi connectivity index (χ3n) is 4.55. The topological polar surface area (TPSA) is 63.4 Å². The van der Waals surface area contributed by atoms with E-state index in [4.69, 9.17) is 22.7 Å². The van der Waals surface area contributed by atoms with Crippen LogP contribution in [0.1, 0.15) is 26.5 Å². The standard InChI is InChI=1S/C21H26N4OS2/c1-15(2)18-19(28-17-10-5-4-6-11-17)25(13-16-9-7-8-12-23-16)21(3,24-18)14-26-20(22)27/h4-12,15,24H,13-14H2,1-3H3,(H2,22,27). The molecule has 1 aromatic carbocycles. The Morgan fingerprint density at radius 3 is 2.57 bits per heavy atom. The van der Waals surface area contributed by atoms with E-state index in [1.54, 1.807) is 11.8 Å². The van der Waals surface area contributed by atoms with E-state index < -0.39 is 5.66 Å². The van der Waals surface area contributed by atoms with E-state index in [1.165, 1.54) is 15.6 Å². The van der Waals surface area contributed by atoms with Crippen molar-refractivity contribution in [3.8, 4) is 0 Å². The summed E-state index contributed by atoms with van der Waals surface area (Å²) in [4.78, 5) is 8.01. The Hall–Kier alpha value is -2.25. The van der Waals surface area contributed by atoms with Crippen molar-refractivity contribution in [2.24, 2.45) is 11.7 Å². The van der Waals surface area contributed by atoms with Crippen molar-refractivity contribution in [2.45, 2.75) is 37.9 Å². The van der Waals surface area contributed by atoms with Gasteiger partial charge in [0, 0.05) is 16.8 Å². The maximum absolute atomic E-state index is 5.61. The summed E-state index contributed by atoms with van der Waals surface area (Å²) in [7, 11) is 0. The number of aromatic nitrogens is 1. The molecule has 2 heterocycles. The van der Waals surface area contributed by atoms with Crippen molar-refractivity contribution in [3.05, 3.63) is 71.1 Å². The van der Waals surface area contributed by atoms with E-state index in [-0.39, 0.29) is 5.17 Å². The Kier molecular flexibility index (Phi) is 6.46. The molecule has 0 spiro atoms. The number of rotatable bonds is 7. The van der Waals surface area contributed by atoms with Crippen LogP contribution >= 0.6 is 24.0 Å². The van der Waals surface area contributed by atoms with E-state index in [9.17, 15) is 0 Å². The average Bonchev–Trinajstić information content (AvgIpc) is 2.95. The summed E-state index contributed by atoms with van der Waals surface area (Å²) in [6.07, 6.45) is 1.82. The molecule has 0 amide bonds. The second kappa shape index (κ2) is 8.84. The Morgan fingerprint density at radius 2 is 1.96 bits per heavy atom. The van der Waals surface area contributed by atoms with Gasteiger partial charge in [-0.1, -0.05) is 49.9 Å². The van der Waals surface area contributed by atoms with Crippen LogP contribution in [0.25, 0.3) is 0 Å². The third-order valence-corrected chi connectivity index (χ3v) is 5.81. The molecular formula is C21H26N4OS2. The highest BCUT2D eigenvalue weighted by Gasteiger charge is 2.43. The van der Waals surface area contributed by atoms with Crippen LogP contribution in [0.4, 0.5) is 0 Å². The quantitative estimate of drug-likeness (QED) is 0.662. The molecule has 1 aliphatic rings. The fourth-order valence-corrected chi connectivity index (χ4v) is 4.46. The van der Waals surface area contributed by atoms with Crippen LogP contribution in [0.3, 0.4) is 0 Å². The molecule has 0 radical (unpaired) electrons. The Bertz CT molecular complexity index is 842. The first-order valence-electron chi connectivity index (χ1n) is 9.24. The minimum absolute atomic E-state index is 0.0519. The molecule has 1 aromatic heterocycles. The molecule has 28 heavy (non-hydrogen) atoms. The molecule has 0 fully saturated rings. The van der Waals surface area contributed by atoms with Gasteiger partial charge in [-0.05, 0) is 49.3 Å². The first kappa shape index (κ1) is 20.5. The number of nitrogens with one attached hydrogen (secondary N) is 1. The van der Waals surface area contributed by atoms with Crippen LogP contribution in [-0.2, 0) is 11.3 Å². The third kappa shape index (κ3) is 4.77. The predicted octanol–water partition coefficient (Wildman–Crippen LogP) is 4.08. The summed E-state index contributed by atoms with van der Waals surface area (Å²) in [6, 6.07) is 16.3. The number of nitrogens with zero attached hydrogens (tertiary/aromatic N) is 2. The van der Waals surface area contributed by atoms with E-state index in [0.717, 1.165) is 5.69 Å². The van der Waals surface area contributed by atoms with E-state index in [0.29, 0.717) is 19.1 Å². The monoisotopic (exact) mass is 414 g/mol. The van der Waals surface area contributed by atoms with Gasteiger partial charge in [0.25, 0.3) is 5.17 Å². The molecule has 1 unspecified atom stereocenters. The highest BCUT2D eigenvalue weighted by molar-refractivity contribution is 8.03. The molecule has 3 rings (SSSR count). The summed E-state index contributed by atoms with van der Waals surface area (Å²) in [5, 5.41) is 4.90. The first-order chi connectivity index (χ1) is 13.4. The highest BCUT2D eigenvalue weighted by atomic mass is 32.2. The van der Waals surface area contributed by atoms with Crippen LogP contribution in [0.15, 0.2) is 70.3 Å². The van der Waals surface area contributed by atoms with Gasteiger partial charge in [0.15, 0.2) is 0 Å². The minimum atomic E-state index is -0.488. The van der Waals surface area contributed by atoms with Crippen LogP contribution < -0.4 is 11.1 Å². The molecule has 5 nitrogen and oxygen atoms in total. The predicted molar refractivity (Wildman–Crippen MR) is 118 cm³/mol. The molecule has 7 heteroatoms. The van der Waals surface area contributed by atoms with Gasteiger partial charge in [-0.2, -0.15) is 0 Å².